The fraction of sp³-hybridized carbons (Fsp3) is 0.889. The first-order valence-corrected chi connectivity index (χ1v) is 30.8. The lowest BCUT2D eigenvalue weighted by Crippen LogP contribution is -2.60. The van der Waals surface area contributed by atoms with Crippen molar-refractivity contribution in [2.45, 2.75) is 240 Å². The molecule has 15 nitrogen and oxygen atoms in total. The van der Waals surface area contributed by atoms with Crippen molar-refractivity contribution in [3.05, 3.63) is 23.3 Å². The van der Waals surface area contributed by atoms with Gasteiger partial charge >= 0.3 is 17.9 Å². The second-order valence-electron chi connectivity index (χ2n) is 28.4. The van der Waals surface area contributed by atoms with Crippen LogP contribution in [0.2, 0.25) is 0 Å². The highest BCUT2D eigenvalue weighted by molar-refractivity contribution is 5.70. The van der Waals surface area contributed by atoms with Crippen LogP contribution in [0.4, 0.5) is 0 Å². The Morgan fingerprint density at radius 3 is 1.41 bits per heavy atom. The maximum Gasteiger partial charge on any atom is 0.305 e. The molecule has 3 aliphatic heterocycles. The highest BCUT2D eigenvalue weighted by Gasteiger charge is 2.66. The van der Waals surface area contributed by atoms with Gasteiger partial charge in [0.25, 0.3) is 0 Å². The number of aliphatic hydroxyl groups is 6. The Morgan fingerprint density at radius 1 is 0.474 bits per heavy atom. The van der Waals surface area contributed by atoms with Gasteiger partial charge in [0.05, 0.1) is 38.1 Å². The summed E-state index contributed by atoms with van der Waals surface area (Å²) < 4.78 is 34.3. The van der Waals surface area contributed by atoms with Crippen LogP contribution in [0.15, 0.2) is 23.3 Å². The normalized spacial score (nSPS) is 51.3. The van der Waals surface area contributed by atoms with E-state index in [0.29, 0.717) is 99.8 Å². The van der Waals surface area contributed by atoms with Crippen LogP contribution in [0, 0.1) is 91.7 Å². The lowest BCUT2D eigenvalue weighted by Gasteiger charge is -2.61. The second kappa shape index (κ2) is 21.9. The predicted octanol–water partition coefficient (Wildman–Crippen LogP) is 8.47. The molecule has 2 saturated heterocycles. The van der Waals surface area contributed by atoms with E-state index in [-0.39, 0.29) is 92.6 Å². The predicted molar refractivity (Wildman–Crippen MR) is 288 cm³/mol. The summed E-state index contributed by atoms with van der Waals surface area (Å²) in [5.41, 5.74) is 2.00. The van der Waals surface area contributed by atoms with Crippen molar-refractivity contribution in [2.24, 2.45) is 91.7 Å². The first-order valence-electron chi connectivity index (χ1n) is 30.8. The van der Waals surface area contributed by atoms with Crippen LogP contribution >= 0.6 is 0 Å². The minimum Gasteiger partial charge on any atom is -0.462 e. The fourth-order valence-corrected chi connectivity index (χ4v) is 20.3. The Balaban J connectivity index is 0.000000132. The highest BCUT2D eigenvalue weighted by Crippen LogP contribution is 2.68. The topological polar surface area (TPSA) is 228 Å². The van der Waals surface area contributed by atoms with Gasteiger partial charge in [-0.1, -0.05) is 79.5 Å². The van der Waals surface area contributed by atoms with E-state index in [1.165, 1.54) is 0 Å². The van der Waals surface area contributed by atoms with E-state index < -0.39 is 31.1 Å². The standard InChI is InChI=1S/C21H34O5.2C21H32O5/c3*1-4-17(23)26-16-6-5-13-19-14(7-8-20(13,16)2)21(3)11-25-18(24)10-12(21)9-15(19)22/h12-16,18-19,22,24H,4-11H2,1-3H3;10,13-16,18-19,22,24H,4-9,11H2,1-3H3;9,13-16,18-19,22,24H,4-8,10-11H2,1-3H3/t12?,13?,14?,15-,16-,18-,19?,20-,21-;2*13?,14?,15-,16-,18-,19?,20-,21-/m000/s1. The van der Waals surface area contributed by atoms with Crippen molar-refractivity contribution in [3.8, 4) is 0 Å². The molecular formula is C63H98O15. The van der Waals surface area contributed by atoms with Crippen molar-refractivity contribution in [3.63, 3.8) is 0 Å². The smallest absolute Gasteiger partial charge is 0.305 e. The van der Waals surface area contributed by atoms with Crippen LogP contribution in [0.25, 0.3) is 0 Å². The quantitative estimate of drug-likeness (QED) is 0.0833. The van der Waals surface area contributed by atoms with Crippen molar-refractivity contribution in [1.29, 1.82) is 0 Å². The van der Waals surface area contributed by atoms with E-state index in [1.807, 2.05) is 26.8 Å². The molecule has 440 valence electrons. The molecule has 0 amide bonds. The first-order chi connectivity index (χ1) is 36.9. The number of carbonyl (C=O) groups excluding carboxylic acids is 3. The Bertz CT molecular complexity index is 2290. The molecule has 6 N–H and O–H groups in total. The van der Waals surface area contributed by atoms with Gasteiger partial charge in [0.1, 0.15) is 18.3 Å². The van der Waals surface area contributed by atoms with Crippen molar-refractivity contribution >= 4 is 17.9 Å². The summed E-state index contributed by atoms with van der Waals surface area (Å²) in [5, 5.41) is 62.8. The molecule has 0 radical (unpaired) electrons. The third kappa shape index (κ3) is 9.81. The Kier molecular flexibility index (Phi) is 16.5. The molecule has 9 aliphatic carbocycles. The summed E-state index contributed by atoms with van der Waals surface area (Å²) in [5.74, 6) is 2.86. The Hall–Kier alpha value is -2.47. The SMILES string of the molecule is CCC(=O)O[C@H]1CCC2C3C(CC[C@@]21C)[C@@]1(C)CO[C@H](O)C=C1C[C@@H]3O.CCC(=O)O[C@H]1CCC2C3C(CC[C@@]21C)[C@@]1(C)CO[C@H](O)CC1=C[C@@H]3O.CCC(=O)O[C@H]1CCC2C3C(CC[C@@]21C)[C@@]1(C)CO[C@H](O)CC1C[C@@H]3O. The van der Waals surface area contributed by atoms with Crippen molar-refractivity contribution < 1.29 is 73.4 Å². The molecule has 15 heteroatoms. The summed E-state index contributed by atoms with van der Waals surface area (Å²) in [6.45, 7) is 20.7. The van der Waals surface area contributed by atoms with Gasteiger partial charge in [-0.2, -0.15) is 0 Å². The number of hydrogen-bond acceptors (Lipinski definition) is 15. The number of esters is 3. The molecule has 0 aromatic rings. The summed E-state index contributed by atoms with van der Waals surface area (Å²) in [6.07, 6.45) is 15.8. The maximum atomic E-state index is 11.9. The van der Waals surface area contributed by atoms with Crippen LogP contribution < -0.4 is 0 Å². The van der Waals surface area contributed by atoms with E-state index >= 15 is 0 Å². The van der Waals surface area contributed by atoms with Crippen LogP contribution in [-0.2, 0) is 42.8 Å². The number of aliphatic hydroxyl groups excluding tert-OH is 6. The number of rotatable bonds is 6. The molecular weight excluding hydrogens is 997 g/mol. The van der Waals surface area contributed by atoms with Crippen LogP contribution in [0.3, 0.4) is 0 Å². The van der Waals surface area contributed by atoms with Gasteiger partial charge < -0.3 is 59.1 Å². The largest absolute Gasteiger partial charge is 0.462 e. The van der Waals surface area contributed by atoms with Crippen LogP contribution in [0.1, 0.15) is 184 Å². The molecule has 25 atom stereocenters. The minimum absolute atomic E-state index is 0.0111. The Labute approximate surface area is 464 Å². The summed E-state index contributed by atoms with van der Waals surface area (Å²) in [4.78, 5) is 35.7. The van der Waals surface area contributed by atoms with E-state index in [9.17, 15) is 45.0 Å². The zero-order valence-electron chi connectivity index (χ0n) is 48.5. The monoisotopic (exact) mass is 1090 g/mol. The molecule has 12 rings (SSSR count). The second-order valence-corrected chi connectivity index (χ2v) is 28.4. The average molecular weight is 1100 g/mol. The Morgan fingerprint density at radius 2 is 0.897 bits per heavy atom. The van der Waals surface area contributed by atoms with Crippen LogP contribution in [-0.4, -0.2) is 124 Å². The van der Waals surface area contributed by atoms with E-state index in [2.05, 4.69) is 41.5 Å². The molecule has 0 aromatic carbocycles. The summed E-state index contributed by atoms with van der Waals surface area (Å²) in [6, 6.07) is 0. The van der Waals surface area contributed by atoms with Gasteiger partial charge in [-0.25, -0.2) is 0 Å². The van der Waals surface area contributed by atoms with Gasteiger partial charge in [0.2, 0.25) is 0 Å². The molecule has 12 aliphatic rings. The van der Waals surface area contributed by atoms with Crippen molar-refractivity contribution in [1.82, 2.24) is 0 Å². The minimum atomic E-state index is -0.847. The zero-order valence-corrected chi connectivity index (χ0v) is 48.5. The van der Waals surface area contributed by atoms with Crippen molar-refractivity contribution in [2.75, 3.05) is 19.8 Å². The van der Waals surface area contributed by atoms with Gasteiger partial charge in [0.15, 0.2) is 18.9 Å². The van der Waals surface area contributed by atoms with Gasteiger partial charge in [-0.3, -0.25) is 14.4 Å². The molecule has 8 saturated carbocycles. The lowest BCUT2D eigenvalue weighted by molar-refractivity contribution is -0.245. The molecule has 78 heavy (non-hydrogen) atoms. The molecule has 10 unspecified atom stereocenters. The first kappa shape index (κ1) is 58.7. The number of hydrogen-bond donors (Lipinski definition) is 6. The van der Waals surface area contributed by atoms with E-state index in [4.69, 9.17) is 28.4 Å². The molecule has 10 fully saturated rings. The molecule has 0 aromatic heterocycles. The molecule has 0 bridgehead atoms. The molecule has 3 heterocycles. The lowest BCUT2D eigenvalue weighted by atomic mass is 9.46. The number of fused-ring (bicyclic) bond motifs is 15. The van der Waals surface area contributed by atoms with Gasteiger partial charge in [0, 0.05) is 59.2 Å². The van der Waals surface area contributed by atoms with E-state index in [1.54, 1.807) is 6.08 Å². The van der Waals surface area contributed by atoms with Crippen LogP contribution in [0.5, 0.6) is 0 Å². The van der Waals surface area contributed by atoms with Gasteiger partial charge in [-0.05, 0) is 161 Å². The number of ether oxygens (including phenoxy) is 6. The van der Waals surface area contributed by atoms with Gasteiger partial charge in [-0.15, -0.1) is 0 Å². The highest BCUT2D eigenvalue weighted by atomic mass is 16.6. The zero-order chi connectivity index (χ0) is 56.1. The maximum absolute atomic E-state index is 11.9. The third-order valence-electron chi connectivity index (χ3n) is 24.9. The molecule has 0 spiro atoms. The summed E-state index contributed by atoms with van der Waals surface area (Å²) >= 11 is 0. The number of carbonyl (C=O) groups is 3. The third-order valence-corrected chi connectivity index (χ3v) is 24.9. The summed E-state index contributed by atoms with van der Waals surface area (Å²) in [7, 11) is 0. The van der Waals surface area contributed by atoms with E-state index in [0.717, 1.165) is 94.6 Å². The average Bonchev–Trinajstić information content (AvgIpc) is 4.09. The fourth-order valence-electron chi connectivity index (χ4n) is 20.3.